The van der Waals surface area contributed by atoms with Crippen molar-refractivity contribution in [2.24, 2.45) is 5.84 Å². The maximum atomic E-state index is 6.23. The van der Waals surface area contributed by atoms with Crippen molar-refractivity contribution in [1.82, 2.24) is 20.2 Å². The molecule has 0 amide bonds. The topological polar surface area (TPSA) is 68.8 Å². The first-order valence-corrected chi connectivity index (χ1v) is 6.60. The van der Waals surface area contributed by atoms with E-state index in [1.165, 1.54) is 0 Å². The van der Waals surface area contributed by atoms with Crippen LogP contribution < -0.4 is 11.3 Å². The van der Waals surface area contributed by atoms with Crippen molar-refractivity contribution < 1.29 is 0 Å². The van der Waals surface area contributed by atoms with E-state index in [1.807, 2.05) is 18.5 Å². The molecule has 2 rings (SSSR count). The number of pyridine rings is 1. The van der Waals surface area contributed by atoms with Gasteiger partial charge in [0.05, 0.1) is 28.0 Å². The van der Waals surface area contributed by atoms with Crippen molar-refractivity contribution in [3.8, 4) is 0 Å². The summed E-state index contributed by atoms with van der Waals surface area (Å²) in [6, 6.07) is 1.63. The molecule has 0 aliphatic carbocycles. The van der Waals surface area contributed by atoms with Gasteiger partial charge in [-0.05, 0) is 25.5 Å². The van der Waals surface area contributed by atoms with Crippen LogP contribution in [0.15, 0.2) is 24.7 Å². The van der Waals surface area contributed by atoms with E-state index in [0.717, 1.165) is 11.3 Å². The van der Waals surface area contributed by atoms with E-state index < -0.39 is 0 Å². The van der Waals surface area contributed by atoms with Gasteiger partial charge in [0.25, 0.3) is 0 Å². The molecule has 0 fully saturated rings. The van der Waals surface area contributed by atoms with Crippen LogP contribution in [0.5, 0.6) is 0 Å². The number of nitrogens with one attached hydrogen (secondary N) is 1. The maximum absolute atomic E-state index is 6.23. The minimum absolute atomic E-state index is 0.166. The first-order chi connectivity index (χ1) is 9.06. The highest BCUT2D eigenvalue weighted by Crippen LogP contribution is 2.32. The molecule has 0 spiro atoms. The first-order valence-electron chi connectivity index (χ1n) is 5.84. The summed E-state index contributed by atoms with van der Waals surface area (Å²) in [5, 5.41) is 5.34. The minimum Gasteiger partial charge on any atom is -0.271 e. The van der Waals surface area contributed by atoms with E-state index in [1.54, 1.807) is 24.7 Å². The van der Waals surface area contributed by atoms with E-state index in [2.05, 4.69) is 15.5 Å². The van der Waals surface area contributed by atoms with Crippen molar-refractivity contribution in [2.45, 2.75) is 25.9 Å². The maximum Gasteiger partial charge on any atom is 0.0909 e. The third-order valence-electron chi connectivity index (χ3n) is 2.83. The monoisotopic (exact) mass is 299 g/mol. The molecule has 0 radical (unpaired) electrons. The Morgan fingerprint density at radius 3 is 2.58 bits per heavy atom. The third-order valence-corrected chi connectivity index (χ3v) is 3.44. The van der Waals surface area contributed by atoms with Gasteiger partial charge in [0.15, 0.2) is 0 Å². The Balaban J connectivity index is 2.55. The molecular formula is C12H15Cl2N5. The quantitative estimate of drug-likeness (QED) is 0.673. The van der Waals surface area contributed by atoms with Crippen LogP contribution >= 0.6 is 23.2 Å². The Hall–Kier alpha value is -1.14. The predicted molar refractivity (Wildman–Crippen MR) is 76.0 cm³/mol. The lowest BCUT2D eigenvalue weighted by Crippen LogP contribution is -2.31. The van der Waals surface area contributed by atoms with Crippen molar-refractivity contribution >= 4 is 23.2 Å². The highest BCUT2D eigenvalue weighted by Gasteiger charge is 2.24. The minimum atomic E-state index is -0.340. The molecule has 1 atom stereocenters. The molecule has 0 aromatic carbocycles. The second kappa shape index (κ2) is 5.88. The number of hydrogen-bond donors (Lipinski definition) is 2. The van der Waals surface area contributed by atoms with E-state index >= 15 is 0 Å². The molecule has 0 saturated carbocycles. The zero-order valence-electron chi connectivity index (χ0n) is 10.6. The van der Waals surface area contributed by atoms with Gasteiger partial charge < -0.3 is 0 Å². The van der Waals surface area contributed by atoms with Gasteiger partial charge in [0.2, 0.25) is 0 Å². The number of rotatable bonds is 4. The molecule has 2 aromatic heterocycles. The molecule has 0 bridgehead atoms. The summed E-state index contributed by atoms with van der Waals surface area (Å²) >= 11 is 12.4. The van der Waals surface area contributed by atoms with E-state index in [0.29, 0.717) is 10.0 Å². The number of aromatic nitrogens is 3. The highest BCUT2D eigenvalue weighted by atomic mass is 35.5. The second-order valence-electron chi connectivity index (χ2n) is 4.41. The number of hydrogen-bond acceptors (Lipinski definition) is 4. The SMILES string of the molecule is CC(C)n1ncc(Cl)c1C(NN)c1ccncc1Cl. The molecule has 0 aliphatic heterocycles. The summed E-state index contributed by atoms with van der Waals surface area (Å²) in [4.78, 5) is 3.97. The van der Waals surface area contributed by atoms with Gasteiger partial charge in [-0.2, -0.15) is 5.10 Å². The van der Waals surface area contributed by atoms with Crippen molar-refractivity contribution in [3.05, 3.63) is 46.0 Å². The van der Waals surface area contributed by atoms with Crippen LogP contribution in [0.2, 0.25) is 10.0 Å². The number of nitrogens with two attached hydrogens (primary N) is 1. The Morgan fingerprint density at radius 2 is 2.00 bits per heavy atom. The molecule has 19 heavy (non-hydrogen) atoms. The number of nitrogens with zero attached hydrogens (tertiary/aromatic N) is 3. The Labute approximate surface area is 121 Å². The fourth-order valence-corrected chi connectivity index (χ4v) is 2.44. The standard InChI is InChI=1S/C12H15Cl2N5/c1-7(2)19-12(10(14)6-17-19)11(18-15)8-3-4-16-5-9(8)13/h3-7,11,18H,15H2,1-2H3. The summed E-state index contributed by atoms with van der Waals surface area (Å²) in [6.45, 7) is 4.04. The Bertz CT molecular complexity index is 567. The fraction of sp³-hybridized carbons (Fsp3) is 0.333. The van der Waals surface area contributed by atoms with Crippen LogP contribution in [0, 0.1) is 0 Å². The summed E-state index contributed by atoms with van der Waals surface area (Å²) in [6.07, 6.45) is 4.84. The molecule has 3 N–H and O–H groups in total. The molecule has 0 saturated heterocycles. The lowest BCUT2D eigenvalue weighted by Gasteiger charge is -2.21. The van der Waals surface area contributed by atoms with Gasteiger partial charge in [-0.15, -0.1) is 0 Å². The van der Waals surface area contributed by atoms with Gasteiger partial charge in [0.1, 0.15) is 0 Å². The smallest absolute Gasteiger partial charge is 0.0909 e. The third kappa shape index (κ3) is 2.74. The van der Waals surface area contributed by atoms with Crippen LogP contribution in [0.3, 0.4) is 0 Å². The molecule has 7 heteroatoms. The van der Waals surface area contributed by atoms with E-state index in [9.17, 15) is 0 Å². The fourth-order valence-electron chi connectivity index (χ4n) is 1.97. The summed E-state index contributed by atoms with van der Waals surface area (Å²) < 4.78 is 1.82. The zero-order chi connectivity index (χ0) is 14.0. The van der Waals surface area contributed by atoms with Crippen molar-refractivity contribution in [1.29, 1.82) is 0 Å². The first kappa shape index (κ1) is 14.3. The van der Waals surface area contributed by atoms with Gasteiger partial charge >= 0.3 is 0 Å². The highest BCUT2D eigenvalue weighted by molar-refractivity contribution is 6.32. The van der Waals surface area contributed by atoms with Crippen LogP contribution in [-0.2, 0) is 0 Å². The molecule has 1 unspecified atom stereocenters. The van der Waals surface area contributed by atoms with Crippen LogP contribution in [0.1, 0.15) is 37.2 Å². The van der Waals surface area contributed by atoms with Crippen LogP contribution in [0.25, 0.3) is 0 Å². The lowest BCUT2D eigenvalue weighted by atomic mass is 10.1. The van der Waals surface area contributed by atoms with E-state index in [4.69, 9.17) is 29.0 Å². The Morgan fingerprint density at radius 1 is 1.26 bits per heavy atom. The van der Waals surface area contributed by atoms with Crippen LogP contribution in [-0.4, -0.2) is 14.8 Å². The molecule has 5 nitrogen and oxygen atoms in total. The van der Waals surface area contributed by atoms with Gasteiger partial charge in [0, 0.05) is 18.4 Å². The average molecular weight is 300 g/mol. The molecule has 2 aromatic rings. The van der Waals surface area contributed by atoms with Crippen LogP contribution in [0.4, 0.5) is 0 Å². The van der Waals surface area contributed by atoms with Crippen molar-refractivity contribution in [3.63, 3.8) is 0 Å². The Kier molecular flexibility index (Phi) is 4.42. The van der Waals surface area contributed by atoms with Crippen molar-refractivity contribution in [2.75, 3.05) is 0 Å². The predicted octanol–water partition coefficient (Wildman–Crippen LogP) is 2.72. The molecule has 102 valence electrons. The second-order valence-corrected chi connectivity index (χ2v) is 5.23. The normalized spacial score (nSPS) is 12.9. The molecule has 0 aliphatic rings. The lowest BCUT2D eigenvalue weighted by molar-refractivity contribution is 0.476. The van der Waals surface area contributed by atoms with E-state index in [-0.39, 0.29) is 12.1 Å². The number of halogens is 2. The summed E-state index contributed by atoms with van der Waals surface area (Å²) in [5.41, 5.74) is 4.33. The average Bonchev–Trinajstić information content (AvgIpc) is 2.75. The van der Waals surface area contributed by atoms with Gasteiger partial charge in [-0.3, -0.25) is 15.5 Å². The summed E-state index contributed by atoms with van der Waals surface area (Å²) in [7, 11) is 0. The number of hydrazine groups is 1. The zero-order valence-corrected chi connectivity index (χ0v) is 12.2. The molecular weight excluding hydrogens is 285 g/mol. The molecule has 2 heterocycles. The largest absolute Gasteiger partial charge is 0.271 e. The van der Waals surface area contributed by atoms with Gasteiger partial charge in [-0.25, -0.2) is 5.43 Å². The van der Waals surface area contributed by atoms with Gasteiger partial charge in [-0.1, -0.05) is 23.2 Å². The summed E-state index contributed by atoms with van der Waals surface area (Å²) in [5.74, 6) is 5.67.